The monoisotopic (exact) mass is 252 g/mol. The number of carbonyl (C=O) groups excluding carboxylic acids is 2. The lowest BCUT2D eigenvalue weighted by molar-refractivity contribution is -0.173. The quantitative estimate of drug-likeness (QED) is 0.569. The average Bonchev–Trinajstić information content (AvgIpc) is 2.14. The molecule has 0 rings (SSSR count). The van der Waals surface area contributed by atoms with Crippen molar-refractivity contribution in [3.8, 4) is 0 Å². The average molecular weight is 252 g/mol. The van der Waals surface area contributed by atoms with Gasteiger partial charge in [0.15, 0.2) is 0 Å². The number of nitrogens with one attached hydrogen (secondary N) is 2. The number of allylic oxidation sites excluding steroid dienone is 1. The Balaban J connectivity index is 3.64. The third kappa shape index (κ3) is 8.29. The Morgan fingerprint density at radius 1 is 1.12 bits per heavy atom. The van der Waals surface area contributed by atoms with Gasteiger partial charge in [-0.15, -0.1) is 0 Å². The fourth-order valence-corrected chi connectivity index (χ4v) is 0.915. The molecule has 4 nitrogen and oxygen atoms in total. The van der Waals surface area contributed by atoms with Crippen LogP contribution in [0.25, 0.3) is 0 Å². The molecule has 2 amide bonds. The van der Waals surface area contributed by atoms with Crippen LogP contribution in [0.15, 0.2) is 11.6 Å². The summed E-state index contributed by atoms with van der Waals surface area (Å²) in [4.78, 5) is 21.4. The van der Waals surface area contributed by atoms with Crippen molar-refractivity contribution in [2.24, 2.45) is 0 Å². The molecular formula is C10H15F3N2O2. The summed E-state index contributed by atoms with van der Waals surface area (Å²) in [5, 5.41) is 4.19. The molecule has 0 spiro atoms. The Morgan fingerprint density at radius 2 is 1.65 bits per heavy atom. The summed E-state index contributed by atoms with van der Waals surface area (Å²) in [5.41, 5.74) is 0.827. The van der Waals surface area contributed by atoms with Crippen LogP contribution in [0.1, 0.15) is 20.3 Å². The van der Waals surface area contributed by atoms with E-state index in [9.17, 15) is 22.8 Å². The summed E-state index contributed by atoms with van der Waals surface area (Å²) >= 11 is 0. The van der Waals surface area contributed by atoms with E-state index in [2.05, 4.69) is 5.32 Å². The Hall–Kier alpha value is -1.53. The van der Waals surface area contributed by atoms with Crippen molar-refractivity contribution in [3.05, 3.63) is 11.6 Å². The second-order valence-electron chi connectivity index (χ2n) is 3.62. The number of hydrogen-bond donors (Lipinski definition) is 2. The first-order valence-corrected chi connectivity index (χ1v) is 5.01. The Bertz CT molecular complexity index is 307. The van der Waals surface area contributed by atoms with Gasteiger partial charge < -0.3 is 10.6 Å². The third-order valence-corrected chi connectivity index (χ3v) is 1.62. The molecule has 17 heavy (non-hydrogen) atoms. The maximum absolute atomic E-state index is 11.7. The summed E-state index contributed by atoms with van der Waals surface area (Å²) in [7, 11) is 0. The number of hydrogen-bond acceptors (Lipinski definition) is 2. The van der Waals surface area contributed by atoms with Crippen molar-refractivity contribution in [2.75, 3.05) is 13.1 Å². The zero-order valence-corrected chi connectivity index (χ0v) is 9.65. The van der Waals surface area contributed by atoms with Crippen LogP contribution in [-0.4, -0.2) is 31.1 Å². The van der Waals surface area contributed by atoms with Gasteiger partial charge in [0.2, 0.25) is 5.91 Å². The highest BCUT2D eigenvalue weighted by atomic mass is 19.4. The van der Waals surface area contributed by atoms with Crippen molar-refractivity contribution in [1.29, 1.82) is 0 Å². The summed E-state index contributed by atoms with van der Waals surface area (Å²) in [5.74, 6) is -2.26. The third-order valence-electron chi connectivity index (χ3n) is 1.62. The van der Waals surface area contributed by atoms with E-state index in [0.29, 0.717) is 0 Å². The topological polar surface area (TPSA) is 58.2 Å². The summed E-state index contributed by atoms with van der Waals surface area (Å²) in [6.45, 7) is 3.58. The zero-order valence-electron chi connectivity index (χ0n) is 9.65. The number of carbonyl (C=O) groups is 2. The van der Waals surface area contributed by atoms with E-state index in [0.717, 1.165) is 5.57 Å². The van der Waals surface area contributed by atoms with E-state index in [1.54, 1.807) is 19.2 Å². The number of alkyl halides is 3. The van der Waals surface area contributed by atoms with Gasteiger partial charge in [-0.3, -0.25) is 9.59 Å². The number of amides is 2. The molecule has 0 aliphatic rings. The second-order valence-corrected chi connectivity index (χ2v) is 3.62. The van der Waals surface area contributed by atoms with E-state index in [4.69, 9.17) is 0 Å². The number of halogens is 3. The van der Waals surface area contributed by atoms with Gasteiger partial charge in [-0.1, -0.05) is 5.57 Å². The molecule has 0 aromatic carbocycles. The van der Waals surface area contributed by atoms with E-state index in [1.165, 1.54) is 6.08 Å². The molecule has 0 aliphatic carbocycles. The van der Waals surface area contributed by atoms with E-state index in [-0.39, 0.29) is 25.4 Å². The van der Waals surface area contributed by atoms with Crippen LogP contribution in [0.2, 0.25) is 0 Å². The van der Waals surface area contributed by atoms with Crippen molar-refractivity contribution in [3.63, 3.8) is 0 Å². The lowest BCUT2D eigenvalue weighted by Gasteiger charge is -2.07. The van der Waals surface area contributed by atoms with Crippen LogP contribution >= 0.6 is 0 Å². The van der Waals surface area contributed by atoms with Gasteiger partial charge in [0.1, 0.15) is 0 Å². The van der Waals surface area contributed by atoms with Gasteiger partial charge in [-0.2, -0.15) is 13.2 Å². The van der Waals surface area contributed by atoms with Gasteiger partial charge in [-0.05, 0) is 20.3 Å². The van der Waals surface area contributed by atoms with Crippen LogP contribution in [0, 0.1) is 0 Å². The second kappa shape index (κ2) is 6.93. The van der Waals surface area contributed by atoms with Crippen molar-refractivity contribution < 1.29 is 22.8 Å². The predicted molar refractivity (Wildman–Crippen MR) is 56.1 cm³/mol. The summed E-state index contributed by atoms with van der Waals surface area (Å²) in [6, 6.07) is 0. The minimum Gasteiger partial charge on any atom is -0.352 e. The van der Waals surface area contributed by atoms with Crippen LogP contribution < -0.4 is 10.6 Å². The number of rotatable bonds is 5. The highest BCUT2D eigenvalue weighted by molar-refractivity contribution is 5.88. The normalized spacial score (nSPS) is 10.6. The van der Waals surface area contributed by atoms with Crippen LogP contribution in [0.5, 0.6) is 0 Å². The molecule has 7 heteroatoms. The van der Waals surface area contributed by atoms with Gasteiger partial charge in [0.05, 0.1) is 0 Å². The standard InChI is InChI=1S/C10H15F3N2O2/c1-7(2)6-8(16)14-4-3-5-15-9(17)10(11,12)13/h6H,3-5H2,1-2H3,(H,14,16)(H,15,17). The molecule has 0 heterocycles. The van der Waals surface area contributed by atoms with Crippen molar-refractivity contribution >= 4 is 11.8 Å². The Morgan fingerprint density at radius 3 is 2.12 bits per heavy atom. The summed E-state index contributed by atoms with van der Waals surface area (Å²) < 4.78 is 35.2. The molecule has 0 saturated heterocycles. The first kappa shape index (κ1) is 15.5. The molecular weight excluding hydrogens is 237 g/mol. The predicted octanol–water partition coefficient (Wildman–Crippen LogP) is 1.14. The SMILES string of the molecule is CC(C)=CC(=O)NCCCNC(=O)C(F)(F)F. The molecule has 0 fully saturated rings. The molecule has 0 saturated carbocycles. The lowest BCUT2D eigenvalue weighted by Crippen LogP contribution is -2.38. The maximum atomic E-state index is 11.7. The first-order chi connectivity index (χ1) is 7.73. The van der Waals surface area contributed by atoms with Gasteiger partial charge in [0.25, 0.3) is 0 Å². The molecule has 0 aromatic heterocycles. The van der Waals surface area contributed by atoms with Gasteiger partial charge in [0, 0.05) is 19.2 Å². The molecule has 2 N–H and O–H groups in total. The molecule has 0 atom stereocenters. The Labute approximate surface area is 97.3 Å². The highest BCUT2D eigenvalue weighted by Gasteiger charge is 2.38. The van der Waals surface area contributed by atoms with Gasteiger partial charge >= 0.3 is 12.1 Å². The molecule has 0 aromatic rings. The molecule has 0 aliphatic heterocycles. The van der Waals surface area contributed by atoms with E-state index < -0.39 is 12.1 Å². The maximum Gasteiger partial charge on any atom is 0.471 e. The van der Waals surface area contributed by atoms with E-state index in [1.807, 2.05) is 0 Å². The fraction of sp³-hybridized carbons (Fsp3) is 0.600. The zero-order chi connectivity index (χ0) is 13.5. The smallest absolute Gasteiger partial charge is 0.352 e. The van der Waals surface area contributed by atoms with Gasteiger partial charge in [-0.25, -0.2) is 0 Å². The van der Waals surface area contributed by atoms with Crippen LogP contribution in [-0.2, 0) is 9.59 Å². The van der Waals surface area contributed by atoms with E-state index >= 15 is 0 Å². The highest BCUT2D eigenvalue weighted by Crippen LogP contribution is 2.13. The van der Waals surface area contributed by atoms with Crippen LogP contribution in [0.3, 0.4) is 0 Å². The Kier molecular flexibility index (Phi) is 6.30. The van der Waals surface area contributed by atoms with Crippen LogP contribution in [0.4, 0.5) is 13.2 Å². The minimum atomic E-state index is -4.86. The largest absolute Gasteiger partial charge is 0.471 e. The van der Waals surface area contributed by atoms with Crippen molar-refractivity contribution in [2.45, 2.75) is 26.4 Å². The molecule has 0 radical (unpaired) electrons. The fourth-order valence-electron chi connectivity index (χ4n) is 0.915. The summed E-state index contributed by atoms with van der Waals surface area (Å²) in [6.07, 6.45) is -3.23. The molecule has 98 valence electrons. The molecule has 0 unspecified atom stereocenters. The minimum absolute atomic E-state index is 0.132. The first-order valence-electron chi connectivity index (χ1n) is 5.01. The lowest BCUT2D eigenvalue weighted by atomic mass is 10.3. The van der Waals surface area contributed by atoms with Crippen molar-refractivity contribution in [1.82, 2.24) is 10.6 Å². The molecule has 0 bridgehead atoms.